The molecule has 12 heteroatoms. The second kappa shape index (κ2) is 10.8. The van der Waals surface area contributed by atoms with Crippen molar-refractivity contribution in [3.05, 3.63) is 87.7 Å². The zero-order valence-electron chi connectivity index (χ0n) is 19.6. The highest BCUT2D eigenvalue weighted by molar-refractivity contribution is 5.97. The number of benzene rings is 2. The number of amides is 2. The Morgan fingerprint density at radius 3 is 2.24 bits per heavy atom. The van der Waals surface area contributed by atoms with Gasteiger partial charge in [-0.05, 0) is 36.5 Å². The van der Waals surface area contributed by atoms with Crippen LogP contribution < -0.4 is 10.9 Å². The first kappa shape index (κ1) is 25.9. The molecular weight excluding hydrogens is 491 g/mol. The number of nitro benzene ring substituents is 1. The van der Waals surface area contributed by atoms with Crippen LogP contribution >= 0.6 is 0 Å². The summed E-state index contributed by atoms with van der Waals surface area (Å²) in [5.41, 5.74) is 2.57. The molecule has 0 saturated heterocycles. The lowest BCUT2D eigenvalue weighted by Crippen LogP contribution is -2.46. The van der Waals surface area contributed by atoms with Crippen LogP contribution in [0.2, 0.25) is 0 Å². The van der Waals surface area contributed by atoms with Gasteiger partial charge in [-0.1, -0.05) is 49.6 Å². The maximum atomic E-state index is 14.0. The summed E-state index contributed by atoms with van der Waals surface area (Å²) in [6, 6.07) is 13.3. The van der Waals surface area contributed by atoms with Crippen molar-refractivity contribution < 1.29 is 27.7 Å². The molecule has 0 bridgehead atoms. The minimum absolute atomic E-state index is 0.0451. The minimum atomic E-state index is -4.98. The van der Waals surface area contributed by atoms with Crippen molar-refractivity contribution in [1.82, 2.24) is 20.6 Å². The summed E-state index contributed by atoms with van der Waals surface area (Å²) in [4.78, 5) is 36.1. The number of nitro groups is 1. The van der Waals surface area contributed by atoms with E-state index in [0.717, 1.165) is 68.1 Å². The SMILES string of the molecule is O=C(NNC(=O)C(c1ccccc1)C1CCCCC1)c1cnn(-c2ccc([N+](=O)[O-])cc2)c1C(F)(F)F. The largest absolute Gasteiger partial charge is 0.434 e. The maximum absolute atomic E-state index is 14.0. The molecule has 1 heterocycles. The number of hydrogen-bond acceptors (Lipinski definition) is 5. The summed E-state index contributed by atoms with van der Waals surface area (Å²) in [6.45, 7) is 0. The van der Waals surface area contributed by atoms with Crippen LogP contribution in [0.3, 0.4) is 0 Å². The van der Waals surface area contributed by atoms with E-state index in [1.807, 2.05) is 18.2 Å². The summed E-state index contributed by atoms with van der Waals surface area (Å²) in [5.74, 6) is -2.22. The maximum Gasteiger partial charge on any atom is 0.434 e. The Bertz CT molecular complexity index is 1270. The summed E-state index contributed by atoms with van der Waals surface area (Å²) >= 11 is 0. The number of carbonyl (C=O) groups is 2. The number of hydrogen-bond donors (Lipinski definition) is 2. The first-order chi connectivity index (χ1) is 17.7. The third kappa shape index (κ3) is 5.79. The highest BCUT2D eigenvalue weighted by atomic mass is 19.4. The average Bonchev–Trinajstić information content (AvgIpc) is 3.35. The van der Waals surface area contributed by atoms with Crippen molar-refractivity contribution in [3.63, 3.8) is 0 Å². The highest BCUT2D eigenvalue weighted by Crippen LogP contribution is 2.36. The van der Waals surface area contributed by atoms with Crippen LogP contribution in [0.25, 0.3) is 5.69 Å². The number of alkyl halides is 3. The molecule has 1 saturated carbocycles. The Morgan fingerprint density at radius 2 is 1.65 bits per heavy atom. The summed E-state index contributed by atoms with van der Waals surface area (Å²) in [5, 5.41) is 14.5. The molecule has 4 rings (SSSR count). The Hall–Kier alpha value is -4.22. The molecule has 9 nitrogen and oxygen atoms in total. The second-order valence-electron chi connectivity index (χ2n) is 8.82. The average molecular weight is 515 g/mol. The fraction of sp³-hybridized carbons (Fsp3) is 0.320. The minimum Gasteiger partial charge on any atom is -0.273 e. The van der Waals surface area contributed by atoms with Crippen LogP contribution in [0.5, 0.6) is 0 Å². The van der Waals surface area contributed by atoms with E-state index in [1.54, 1.807) is 12.1 Å². The van der Waals surface area contributed by atoms with Crippen molar-refractivity contribution in [2.75, 3.05) is 0 Å². The van der Waals surface area contributed by atoms with Gasteiger partial charge < -0.3 is 0 Å². The van der Waals surface area contributed by atoms with Gasteiger partial charge in [0.25, 0.3) is 11.6 Å². The van der Waals surface area contributed by atoms with Crippen LogP contribution in [0.15, 0.2) is 60.8 Å². The summed E-state index contributed by atoms with van der Waals surface area (Å²) < 4.78 is 42.3. The monoisotopic (exact) mass is 515 g/mol. The zero-order chi connectivity index (χ0) is 26.6. The lowest BCUT2D eigenvalue weighted by molar-refractivity contribution is -0.384. The first-order valence-corrected chi connectivity index (χ1v) is 11.7. The molecule has 0 spiro atoms. The number of aromatic nitrogens is 2. The third-order valence-electron chi connectivity index (χ3n) is 6.45. The van der Waals surface area contributed by atoms with E-state index < -0.39 is 40.1 Å². The van der Waals surface area contributed by atoms with Gasteiger partial charge in [-0.25, -0.2) is 4.68 Å². The fourth-order valence-electron chi connectivity index (χ4n) is 4.73. The second-order valence-corrected chi connectivity index (χ2v) is 8.82. The van der Waals surface area contributed by atoms with Gasteiger partial charge in [0.05, 0.1) is 28.3 Å². The first-order valence-electron chi connectivity index (χ1n) is 11.7. The Labute approximate surface area is 209 Å². The molecule has 2 aromatic carbocycles. The third-order valence-corrected chi connectivity index (χ3v) is 6.45. The van der Waals surface area contributed by atoms with E-state index in [-0.39, 0.29) is 17.3 Å². The predicted octanol–water partition coefficient (Wildman–Crippen LogP) is 4.92. The Morgan fingerprint density at radius 1 is 1.00 bits per heavy atom. The molecule has 2 amide bonds. The van der Waals surface area contributed by atoms with Gasteiger partial charge in [-0.3, -0.25) is 30.6 Å². The van der Waals surface area contributed by atoms with Gasteiger partial charge in [0, 0.05) is 12.1 Å². The standard InChI is InChI=1S/C25H24F3N5O4/c26-25(27,28)22-20(15-29-32(22)18-11-13-19(14-12-18)33(36)37)23(34)30-31-24(35)21(16-7-3-1-4-8-16)17-9-5-2-6-10-17/h1,3-4,7-8,11-15,17,21H,2,5-6,9-10H2,(H,30,34)(H,31,35). The number of carbonyl (C=O) groups excluding carboxylic acids is 2. The van der Waals surface area contributed by atoms with E-state index in [4.69, 9.17) is 0 Å². The zero-order valence-corrected chi connectivity index (χ0v) is 19.6. The quantitative estimate of drug-likeness (QED) is 0.357. The lowest BCUT2D eigenvalue weighted by atomic mass is 9.76. The van der Waals surface area contributed by atoms with Gasteiger partial charge in [0.2, 0.25) is 5.91 Å². The molecule has 1 aromatic heterocycles. The number of hydrazine groups is 1. The van der Waals surface area contributed by atoms with Crippen LogP contribution in [-0.4, -0.2) is 26.5 Å². The molecule has 194 valence electrons. The Kier molecular flexibility index (Phi) is 7.55. The lowest BCUT2D eigenvalue weighted by Gasteiger charge is -2.29. The van der Waals surface area contributed by atoms with Gasteiger partial charge in [-0.15, -0.1) is 0 Å². The van der Waals surface area contributed by atoms with Crippen LogP contribution in [0.1, 0.15) is 59.6 Å². The van der Waals surface area contributed by atoms with Crippen molar-refractivity contribution in [2.24, 2.45) is 5.92 Å². The molecule has 1 aliphatic carbocycles. The van der Waals surface area contributed by atoms with Gasteiger partial charge in [0.1, 0.15) is 0 Å². The highest BCUT2D eigenvalue weighted by Gasteiger charge is 2.41. The molecule has 1 atom stereocenters. The number of non-ortho nitro benzene ring substituents is 1. The van der Waals surface area contributed by atoms with Crippen LogP contribution in [-0.2, 0) is 11.0 Å². The van der Waals surface area contributed by atoms with Crippen molar-refractivity contribution in [2.45, 2.75) is 44.2 Å². The molecule has 0 radical (unpaired) electrons. The molecule has 1 aliphatic rings. The Balaban J connectivity index is 1.56. The fourth-order valence-corrected chi connectivity index (χ4v) is 4.73. The predicted molar refractivity (Wildman–Crippen MR) is 127 cm³/mol. The van der Waals surface area contributed by atoms with Crippen molar-refractivity contribution in [1.29, 1.82) is 0 Å². The number of nitrogens with one attached hydrogen (secondary N) is 2. The molecule has 1 unspecified atom stereocenters. The summed E-state index contributed by atoms with van der Waals surface area (Å²) in [7, 11) is 0. The molecule has 3 aromatic rings. The topological polar surface area (TPSA) is 119 Å². The van der Waals surface area contributed by atoms with Crippen molar-refractivity contribution >= 4 is 17.5 Å². The smallest absolute Gasteiger partial charge is 0.273 e. The van der Waals surface area contributed by atoms with E-state index in [1.165, 1.54) is 0 Å². The van der Waals surface area contributed by atoms with Gasteiger partial charge >= 0.3 is 6.18 Å². The van der Waals surface area contributed by atoms with Crippen LogP contribution in [0.4, 0.5) is 18.9 Å². The van der Waals surface area contributed by atoms with Crippen molar-refractivity contribution in [3.8, 4) is 5.69 Å². The summed E-state index contributed by atoms with van der Waals surface area (Å²) in [6.07, 6.45) is 0.456. The molecule has 1 fully saturated rings. The van der Waals surface area contributed by atoms with E-state index in [2.05, 4.69) is 16.0 Å². The molecule has 2 N–H and O–H groups in total. The number of halogens is 3. The number of nitrogens with zero attached hydrogens (tertiary/aromatic N) is 3. The van der Waals surface area contributed by atoms with Crippen LogP contribution in [0, 0.1) is 16.0 Å². The van der Waals surface area contributed by atoms with E-state index >= 15 is 0 Å². The molecular formula is C25H24F3N5O4. The van der Waals surface area contributed by atoms with Gasteiger partial charge in [0.15, 0.2) is 5.69 Å². The number of rotatable bonds is 6. The van der Waals surface area contributed by atoms with Gasteiger partial charge in [-0.2, -0.15) is 18.3 Å². The van der Waals surface area contributed by atoms with E-state index in [9.17, 15) is 32.9 Å². The molecule has 0 aliphatic heterocycles. The van der Waals surface area contributed by atoms with E-state index in [0.29, 0.717) is 4.68 Å². The normalized spacial score (nSPS) is 15.1. The molecule has 37 heavy (non-hydrogen) atoms.